The number of carbonyl (C=O) groups excluding carboxylic acids is 1. The topological polar surface area (TPSA) is 68.5 Å². The van der Waals surface area contributed by atoms with E-state index >= 15 is 0 Å². The number of carbonyl (C=O) groups is 1. The number of aryl methyl sites for hydroxylation is 1. The maximum absolute atomic E-state index is 12.7. The maximum Gasteiger partial charge on any atom is 0.297 e. The van der Waals surface area contributed by atoms with Crippen molar-refractivity contribution in [2.45, 2.75) is 20.0 Å². The van der Waals surface area contributed by atoms with Gasteiger partial charge in [0.25, 0.3) is 5.91 Å². The van der Waals surface area contributed by atoms with Gasteiger partial charge in [0.1, 0.15) is 11.6 Å². The van der Waals surface area contributed by atoms with Crippen LogP contribution in [0.2, 0.25) is 0 Å². The quantitative estimate of drug-likeness (QED) is 0.732. The van der Waals surface area contributed by atoms with Crippen LogP contribution in [0.1, 0.15) is 27.8 Å². The van der Waals surface area contributed by atoms with Gasteiger partial charge in [-0.25, -0.2) is 9.97 Å². The molecule has 0 radical (unpaired) electrons. The average molecular weight is 335 g/mol. The fourth-order valence-corrected chi connectivity index (χ4v) is 2.80. The summed E-state index contributed by atoms with van der Waals surface area (Å²) in [6.07, 6.45) is 0.630. The third-order valence-electron chi connectivity index (χ3n) is 4.01. The minimum Gasteiger partial charge on any atom is -0.484 e. The van der Waals surface area contributed by atoms with Crippen molar-refractivity contribution >= 4 is 11.7 Å². The Labute approximate surface area is 145 Å². The Hall–Kier alpha value is -3.15. The van der Waals surface area contributed by atoms with Crippen molar-refractivity contribution in [1.82, 2.24) is 9.97 Å². The number of rotatable bonds is 4. The molecule has 0 aliphatic carbocycles. The van der Waals surface area contributed by atoms with Gasteiger partial charge in [-0.15, -0.1) is 0 Å². The van der Waals surface area contributed by atoms with Gasteiger partial charge in [-0.2, -0.15) is 0 Å². The standard InChI is InChI=1S/C19H17N3O3/c1-13-6-5-9-16(20-13)22-11-10-15-18(19(22)23)25-17(21-15)12-24-14-7-3-2-4-8-14/h2-9H,10-12H2,1H3. The van der Waals surface area contributed by atoms with Crippen LogP contribution in [0.5, 0.6) is 5.75 Å². The van der Waals surface area contributed by atoms with Crippen LogP contribution in [0.25, 0.3) is 0 Å². The summed E-state index contributed by atoms with van der Waals surface area (Å²) in [4.78, 5) is 23.2. The third-order valence-corrected chi connectivity index (χ3v) is 4.01. The predicted molar refractivity (Wildman–Crippen MR) is 91.6 cm³/mol. The molecule has 0 fully saturated rings. The van der Waals surface area contributed by atoms with E-state index in [1.807, 2.05) is 55.5 Å². The van der Waals surface area contributed by atoms with Gasteiger partial charge in [0.2, 0.25) is 11.7 Å². The molecule has 2 aromatic heterocycles. The van der Waals surface area contributed by atoms with E-state index < -0.39 is 0 Å². The molecule has 1 aliphatic rings. The van der Waals surface area contributed by atoms with E-state index in [0.717, 1.165) is 11.4 Å². The van der Waals surface area contributed by atoms with Crippen LogP contribution in [0.3, 0.4) is 0 Å². The second-order valence-electron chi connectivity index (χ2n) is 5.83. The Bertz CT molecular complexity index is 905. The monoisotopic (exact) mass is 335 g/mol. The first-order chi connectivity index (χ1) is 12.2. The lowest BCUT2D eigenvalue weighted by Crippen LogP contribution is -2.37. The first-order valence-electron chi connectivity index (χ1n) is 8.12. The molecular formula is C19H17N3O3. The molecule has 3 heterocycles. The zero-order valence-corrected chi connectivity index (χ0v) is 13.8. The van der Waals surface area contributed by atoms with Gasteiger partial charge >= 0.3 is 0 Å². The Morgan fingerprint density at radius 3 is 2.76 bits per heavy atom. The number of benzene rings is 1. The molecule has 126 valence electrons. The summed E-state index contributed by atoms with van der Waals surface area (Å²) in [5.41, 5.74) is 1.55. The number of hydrogen-bond donors (Lipinski definition) is 0. The van der Waals surface area contributed by atoms with E-state index in [0.29, 0.717) is 30.4 Å². The molecule has 0 saturated carbocycles. The van der Waals surface area contributed by atoms with Gasteiger partial charge in [0, 0.05) is 18.7 Å². The zero-order chi connectivity index (χ0) is 17.2. The van der Waals surface area contributed by atoms with Crippen molar-refractivity contribution in [2.24, 2.45) is 0 Å². The molecule has 1 aliphatic heterocycles. The first-order valence-corrected chi connectivity index (χ1v) is 8.12. The van der Waals surface area contributed by atoms with E-state index in [4.69, 9.17) is 9.15 Å². The van der Waals surface area contributed by atoms with Crippen molar-refractivity contribution < 1.29 is 13.9 Å². The summed E-state index contributed by atoms with van der Waals surface area (Å²) in [7, 11) is 0. The van der Waals surface area contributed by atoms with Crippen LogP contribution >= 0.6 is 0 Å². The second kappa shape index (κ2) is 6.39. The summed E-state index contributed by atoms with van der Waals surface area (Å²) in [5.74, 6) is 1.84. The van der Waals surface area contributed by atoms with Gasteiger partial charge in [-0.1, -0.05) is 24.3 Å². The van der Waals surface area contributed by atoms with Gasteiger partial charge in [0.05, 0.1) is 5.69 Å². The lowest BCUT2D eigenvalue weighted by molar-refractivity contribution is 0.0947. The predicted octanol–water partition coefficient (Wildman–Crippen LogP) is 3.16. The average Bonchev–Trinajstić information content (AvgIpc) is 3.05. The van der Waals surface area contributed by atoms with Crippen LogP contribution in [0.4, 0.5) is 5.82 Å². The minimum absolute atomic E-state index is 0.187. The van der Waals surface area contributed by atoms with Crippen LogP contribution < -0.4 is 9.64 Å². The Kier molecular flexibility index (Phi) is 3.93. The van der Waals surface area contributed by atoms with E-state index in [1.165, 1.54) is 0 Å². The van der Waals surface area contributed by atoms with E-state index in [2.05, 4.69) is 9.97 Å². The highest BCUT2D eigenvalue weighted by Crippen LogP contribution is 2.24. The summed E-state index contributed by atoms with van der Waals surface area (Å²) in [6.45, 7) is 2.62. The minimum atomic E-state index is -0.210. The van der Waals surface area contributed by atoms with Gasteiger partial charge in [0.15, 0.2) is 6.61 Å². The molecule has 4 rings (SSSR count). The zero-order valence-electron chi connectivity index (χ0n) is 13.8. The highest BCUT2D eigenvalue weighted by atomic mass is 16.5. The van der Waals surface area contributed by atoms with Gasteiger partial charge < -0.3 is 9.15 Å². The highest BCUT2D eigenvalue weighted by Gasteiger charge is 2.31. The van der Waals surface area contributed by atoms with E-state index in [9.17, 15) is 4.79 Å². The van der Waals surface area contributed by atoms with Crippen LogP contribution in [0, 0.1) is 6.92 Å². The number of pyridine rings is 1. The molecule has 0 bridgehead atoms. The molecule has 3 aromatic rings. The summed E-state index contributed by atoms with van der Waals surface area (Å²) < 4.78 is 11.3. The van der Waals surface area contributed by atoms with Gasteiger partial charge in [-0.3, -0.25) is 9.69 Å². The lowest BCUT2D eigenvalue weighted by Gasteiger charge is -2.24. The summed E-state index contributed by atoms with van der Waals surface area (Å²) in [6, 6.07) is 15.0. The number of amides is 1. The number of ether oxygens (including phenoxy) is 1. The molecule has 0 spiro atoms. The van der Waals surface area contributed by atoms with Crippen LogP contribution in [0.15, 0.2) is 52.9 Å². The lowest BCUT2D eigenvalue weighted by atomic mass is 10.1. The number of para-hydroxylation sites is 1. The highest BCUT2D eigenvalue weighted by molar-refractivity contribution is 6.05. The van der Waals surface area contributed by atoms with Gasteiger partial charge in [-0.05, 0) is 31.2 Å². The van der Waals surface area contributed by atoms with Crippen LogP contribution in [-0.2, 0) is 13.0 Å². The van der Waals surface area contributed by atoms with Crippen molar-refractivity contribution in [3.63, 3.8) is 0 Å². The molecule has 6 heteroatoms. The second-order valence-corrected chi connectivity index (χ2v) is 5.83. The summed E-state index contributed by atoms with van der Waals surface area (Å²) >= 11 is 0. The number of oxazole rings is 1. The van der Waals surface area contributed by atoms with Crippen LogP contribution in [-0.4, -0.2) is 22.4 Å². The number of hydrogen-bond acceptors (Lipinski definition) is 5. The largest absolute Gasteiger partial charge is 0.484 e. The van der Waals surface area contributed by atoms with E-state index in [1.54, 1.807) is 4.90 Å². The molecule has 25 heavy (non-hydrogen) atoms. The van der Waals surface area contributed by atoms with Crippen molar-refractivity contribution in [2.75, 3.05) is 11.4 Å². The van der Waals surface area contributed by atoms with Crippen molar-refractivity contribution in [3.8, 4) is 5.75 Å². The first kappa shape index (κ1) is 15.4. The normalized spacial score (nSPS) is 13.6. The number of anilines is 1. The molecule has 1 amide bonds. The van der Waals surface area contributed by atoms with Crippen molar-refractivity contribution in [1.29, 1.82) is 0 Å². The smallest absolute Gasteiger partial charge is 0.297 e. The van der Waals surface area contributed by atoms with E-state index in [-0.39, 0.29) is 18.3 Å². The SMILES string of the molecule is Cc1cccc(N2CCc3nc(COc4ccccc4)oc3C2=O)n1. The summed E-state index contributed by atoms with van der Waals surface area (Å²) in [5, 5.41) is 0. The Morgan fingerprint density at radius 1 is 1.12 bits per heavy atom. The molecule has 0 unspecified atom stereocenters. The third kappa shape index (κ3) is 3.10. The fourth-order valence-electron chi connectivity index (χ4n) is 2.80. The molecular weight excluding hydrogens is 318 g/mol. The maximum atomic E-state index is 12.7. The number of aromatic nitrogens is 2. The molecule has 0 N–H and O–H groups in total. The molecule has 6 nitrogen and oxygen atoms in total. The Morgan fingerprint density at radius 2 is 1.96 bits per heavy atom. The van der Waals surface area contributed by atoms with Crippen molar-refractivity contribution in [3.05, 3.63) is 71.6 Å². The molecule has 0 saturated heterocycles. The fraction of sp³-hybridized carbons (Fsp3) is 0.211. The molecule has 0 atom stereocenters. The Balaban J connectivity index is 1.53. The number of nitrogens with zero attached hydrogens (tertiary/aromatic N) is 3. The molecule has 1 aromatic carbocycles. The number of fused-ring (bicyclic) bond motifs is 1.